The second-order valence-corrected chi connectivity index (χ2v) is 7.96. The Balaban J connectivity index is 1.88. The average molecular weight is 392 g/mol. The van der Waals surface area contributed by atoms with Crippen molar-refractivity contribution in [1.29, 1.82) is 0 Å². The molecule has 1 aliphatic heterocycles. The predicted molar refractivity (Wildman–Crippen MR) is 109 cm³/mol. The van der Waals surface area contributed by atoms with Gasteiger partial charge in [0.05, 0.1) is 0 Å². The van der Waals surface area contributed by atoms with Gasteiger partial charge < -0.3 is 20.5 Å². The quantitative estimate of drug-likeness (QED) is 0.762. The summed E-state index contributed by atoms with van der Waals surface area (Å²) in [5.74, 6) is -1.92. The number of nitrogens with two attached hydrogens (primary N) is 1. The van der Waals surface area contributed by atoms with Gasteiger partial charge >= 0.3 is 5.97 Å². The minimum absolute atomic E-state index is 0.0956. The summed E-state index contributed by atoms with van der Waals surface area (Å²) >= 11 is 0. The van der Waals surface area contributed by atoms with Crippen molar-refractivity contribution in [2.24, 2.45) is 11.7 Å². The highest BCUT2D eigenvalue weighted by Crippen LogP contribution is 2.53. The number of rotatable bonds is 5. The molecule has 1 amide bonds. The molecule has 6 nitrogen and oxygen atoms in total. The predicted octanol–water partition coefficient (Wildman–Crippen LogP) is 2.97. The van der Waals surface area contributed by atoms with Crippen LogP contribution in [0.2, 0.25) is 0 Å². The zero-order valence-electron chi connectivity index (χ0n) is 16.0. The van der Waals surface area contributed by atoms with Gasteiger partial charge in [-0.2, -0.15) is 0 Å². The number of benzene rings is 2. The Hall–Kier alpha value is -2.99. The molecule has 1 fully saturated rings. The summed E-state index contributed by atoms with van der Waals surface area (Å²) in [6, 6.07) is 16.3. The van der Waals surface area contributed by atoms with Crippen LogP contribution in [0.15, 0.2) is 54.6 Å². The normalized spacial score (nSPS) is 24.9. The molecule has 0 aromatic heterocycles. The van der Waals surface area contributed by atoms with Crippen LogP contribution in [-0.4, -0.2) is 34.8 Å². The van der Waals surface area contributed by atoms with Gasteiger partial charge in [-0.1, -0.05) is 42.8 Å². The number of nitrogens with zero attached hydrogens (tertiary/aromatic N) is 1. The zero-order chi connectivity index (χ0) is 20.6. The number of para-hydroxylation sites is 1. The first-order valence-electron chi connectivity index (χ1n) is 9.92. The van der Waals surface area contributed by atoms with Crippen molar-refractivity contribution < 1.29 is 19.5 Å². The third-order valence-corrected chi connectivity index (χ3v) is 6.44. The van der Waals surface area contributed by atoms with Crippen LogP contribution in [0.25, 0.3) is 0 Å². The van der Waals surface area contributed by atoms with Gasteiger partial charge in [-0.25, -0.2) is 0 Å². The first kappa shape index (κ1) is 19.3. The maximum absolute atomic E-state index is 13.4. The standard InChI is InChI=1S/C23H24N2O4/c24-23(13-14-26,22(28)29)20-16-9-4-5-11-18(16)25(19-12-6-10-17(19)20)21(27)15-7-2-1-3-8-15/h1-5,7-9,11,14,17,19-20H,6,10,12-13,24H2,(H,28,29). The van der Waals surface area contributed by atoms with Gasteiger partial charge in [-0.05, 0) is 42.5 Å². The number of carboxylic acids is 1. The van der Waals surface area contributed by atoms with E-state index in [9.17, 15) is 19.5 Å². The number of hydrogen-bond acceptors (Lipinski definition) is 4. The fourth-order valence-electron chi connectivity index (χ4n) is 5.18. The number of anilines is 1. The van der Waals surface area contributed by atoms with E-state index in [2.05, 4.69) is 0 Å². The number of fused-ring (bicyclic) bond motifs is 2. The number of carbonyl (C=O) groups excluding carboxylic acids is 2. The third kappa shape index (κ3) is 3.04. The Kier molecular flexibility index (Phi) is 4.96. The minimum atomic E-state index is -1.70. The van der Waals surface area contributed by atoms with Crippen molar-refractivity contribution in [1.82, 2.24) is 0 Å². The molecule has 1 heterocycles. The lowest BCUT2D eigenvalue weighted by Crippen LogP contribution is -2.60. The summed E-state index contributed by atoms with van der Waals surface area (Å²) in [4.78, 5) is 38.8. The average Bonchev–Trinajstić information content (AvgIpc) is 3.20. The number of hydrogen-bond donors (Lipinski definition) is 2. The molecular formula is C23H24N2O4. The van der Waals surface area contributed by atoms with Crippen molar-refractivity contribution >= 4 is 23.9 Å². The van der Waals surface area contributed by atoms with Crippen molar-refractivity contribution in [2.45, 2.75) is 43.2 Å². The molecule has 2 aromatic rings. The number of carboxylic acid groups (broad SMARTS) is 1. The van der Waals surface area contributed by atoms with Crippen LogP contribution in [0.5, 0.6) is 0 Å². The fraction of sp³-hybridized carbons (Fsp3) is 0.348. The molecule has 0 saturated heterocycles. The summed E-state index contributed by atoms with van der Waals surface area (Å²) in [5, 5.41) is 9.95. The summed E-state index contributed by atoms with van der Waals surface area (Å²) in [7, 11) is 0. The van der Waals surface area contributed by atoms with Crippen molar-refractivity contribution in [3.05, 3.63) is 65.7 Å². The van der Waals surface area contributed by atoms with Gasteiger partial charge in [0.2, 0.25) is 0 Å². The smallest absolute Gasteiger partial charge is 0.324 e. The molecule has 29 heavy (non-hydrogen) atoms. The molecule has 2 aliphatic rings. The lowest BCUT2D eigenvalue weighted by Gasteiger charge is -2.48. The van der Waals surface area contributed by atoms with Crippen molar-refractivity contribution in [3.8, 4) is 0 Å². The van der Waals surface area contributed by atoms with E-state index in [-0.39, 0.29) is 24.3 Å². The number of amides is 1. The molecular weight excluding hydrogens is 368 g/mol. The van der Waals surface area contributed by atoms with Gasteiger partial charge in [-0.15, -0.1) is 0 Å². The molecule has 1 aliphatic carbocycles. The summed E-state index contributed by atoms with van der Waals surface area (Å²) in [6.45, 7) is 0. The summed E-state index contributed by atoms with van der Waals surface area (Å²) < 4.78 is 0. The van der Waals surface area contributed by atoms with E-state index in [0.29, 0.717) is 17.5 Å². The summed E-state index contributed by atoms with van der Waals surface area (Å²) in [5.41, 5.74) is 6.71. The first-order chi connectivity index (χ1) is 14.0. The van der Waals surface area contributed by atoms with Gasteiger partial charge in [0.1, 0.15) is 11.8 Å². The highest BCUT2D eigenvalue weighted by atomic mass is 16.4. The van der Waals surface area contributed by atoms with Crippen LogP contribution in [0.1, 0.15) is 47.5 Å². The van der Waals surface area contributed by atoms with Crippen LogP contribution in [0, 0.1) is 5.92 Å². The molecule has 3 N–H and O–H groups in total. The van der Waals surface area contributed by atoms with Gasteiger partial charge in [0, 0.05) is 29.6 Å². The Morgan fingerprint density at radius 2 is 1.79 bits per heavy atom. The van der Waals surface area contributed by atoms with E-state index in [4.69, 9.17) is 5.73 Å². The van der Waals surface area contributed by atoms with Gasteiger partial charge in [0.25, 0.3) is 5.91 Å². The molecule has 4 rings (SSSR count). The molecule has 0 radical (unpaired) electrons. The number of carbonyl (C=O) groups is 3. The van der Waals surface area contributed by atoms with E-state index >= 15 is 0 Å². The maximum atomic E-state index is 13.4. The molecule has 4 atom stereocenters. The molecule has 4 unspecified atom stereocenters. The van der Waals surface area contributed by atoms with Crippen molar-refractivity contribution in [3.63, 3.8) is 0 Å². The van der Waals surface area contributed by atoms with Crippen LogP contribution in [0.4, 0.5) is 5.69 Å². The Bertz CT molecular complexity index is 945. The molecule has 6 heteroatoms. The van der Waals surface area contributed by atoms with E-state index in [1.165, 1.54) is 0 Å². The fourth-order valence-corrected chi connectivity index (χ4v) is 5.18. The third-order valence-electron chi connectivity index (χ3n) is 6.44. The Morgan fingerprint density at radius 1 is 1.10 bits per heavy atom. The summed E-state index contributed by atoms with van der Waals surface area (Å²) in [6.07, 6.45) is 2.76. The maximum Gasteiger partial charge on any atom is 0.324 e. The van der Waals surface area contributed by atoms with Gasteiger partial charge in [-0.3, -0.25) is 9.59 Å². The number of aliphatic carboxylic acids is 1. The molecule has 0 bridgehead atoms. The monoisotopic (exact) mass is 392 g/mol. The zero-order valence-corrected chi connectivity index (χ0v) is 16.0. The van der Waals surface area contributed by atoms with E-state index in [1.807, 2.05) is 47.4 Å². The molecule has 2 aromatic carbocycles. The van der Waals surface area contributed by atoms with E-state index in [1.54, 1.807) is 12.1 Å². The Labute approximate surface area is 169 Å². The van der Waals surface area contributed by atoms with Crippen LogP contribution < -0.4 is 10.6 Å². The largest absolute Gasteiger partial charge is 0.480 e. The molecule has 0 spiro atoms. The lowest BCUT2D eigenvalue weighted by molar-refractivity contribution is -0.146. The van der Waals surface area contributed by atoms with E-state index in [0.717, 1.165) is 24.8 Å². The van der Waals surface area contributed by atoms with Gasteiger partial charge in [0.15, 0.2) is 0 Å². The van der Waals surface area contributed by atoms with Crippen LogP contribution >= 0.6 is 0 Å². The highest BCUT2D eigenvalue weighted by Gasteiger charge is 2.55. The first-order valence-corrected chi connectivity index (χ1v) is 9.92. The van der Waals surface area contributed by atoms with Crippen LogP contribution in [-0.2, 0) is 9.59 Å². The lowest BCUT2D eigenvalue weighted by atomic mass is 9.66. The SMILES string of the molecule is NC(CC=O)(C(=O)O)C1c2ccccc2N(C(=O)c2ccccc2)C2CCCC21. The second-order valence-electron chi connectivity index (χ2n) is 7.96. The molecule has 1 saturated carbocycles. The highest BCUT2D eigenvalue weighted by molar-refractivity contribution is 6.07. The second kappa shape index (κ2) is 7.44. The number of aldehydes is 1. The van der Waals surface area contributed by atoms with Crippen LogP contribution in [0.3, 0.4) is 0 Å². The minimum Gasteiger partial charge on any atom is -0.480 e. The Morgan fingerprint density at radius 3 is 2.48 bits per heavy atom. The molecule has 150 valence electrons. The topological polar surface area (TPSA) is 101 Å². The van der Waals surface area contributed by atoms with Crippen molar-refractivity contribution in [2.75, 3.05) is 4.90 Å². The van der Waals surface area contributed by atoms with E-state index < -0.39 is 17.4 Å².